The molecule has 2 aromatic heterocycles. The summed E-state index contributed by atoms with van der Waals surface area (Å²) in [5.74, 6) is 0.813. The molecule has 0 radical (unpaired) electrons. The van der Waals surface area contributed by atoms with Gasteiger partial charge in [-0.05, 0) is 55.7 Å². The van der Waals surface area contributed by atoms with E-state index in [4.69, 9.17) is 0 Å². The van der Waals surface area contributed by atoms with Crippen molar-refractivity contribution in [1.82, 2.24) is 15.2 Å². The Bertz CT molecular complexity index is 943. The van der Waals surface area contributed by atoms with Gasteiger partial charge in [-0.15, -0.1) is 10.2 Å². The molecule has 1 fully saturated rings. The van der Waals surface area contributed by atoms with Crippen LogP contribution in [0.2, 0.25) is 0 Å². The SMILES string of the molecule is Cc1ccccc1NC(=O)C1CCCN(c2ccc(-c3cccnc3)nn2)C1. The van der Waals surface area contributed by atoms with Crippen molar-refractivity contribution in [1.29, 1.82) is 0 Å². The summed E-state index contributed by atoms with van der Waals surface area (Å²) in [5, 5.41) is 11.8. The number of piperidine rings is 1. The zero-order valence-corrected chi connectivity index (χ0v) is 15.9. The number of aryl methyl sites for hydroxylation is 1. The number of rotatable bonds is 4. The van der Waals surface area contributed by atoms with E-state index in [1.165, 1.54) is 0 Å². The number of anilines is 2. The zero-order valence-electron chi connectivity index (χ0n) is 15.9. The molecule has 1 aliphatic heterocycles. The van der Waals surface area contributed by atoms with Gasteiger partial charge in [0.25, 0.3) is 0 Å². The monoisotopic (exact) mass is 373 g/mol. The van der Waals surface area contributed by atoms with E-state index in [1.807, 2.05) is 55.5 Å². The number of hydrogen-bond donors (Lipinski definition) is 1. The van der Waals surface area contributed by atoms with Gasteiger partial charge in [-0.3, -0.25) is 9.78 Å². The minimum absolute atomic E-state index is 0.0619. The molecule has 0 saturated carbocycles. The van der Waals surface area contributed by atoms with E-state index in [2.05, 4.69) is 25.4 Å². The molecule has 1 N–H and O–H groups in total. The predicted octanol–water partition coefficient (Wildman–Crippen LogP) is 3.70. The van der Waals surface area contributed by atoms with Crippen LogP contribution in [-0.2, 0) is 4.79 Å². The van der Waals surface area contributed by atoms with Gasteiger partial charge in [0, 0.05) is 36.7 Å². The lowest BCUT2D eigenvalue weighted by molar-refractivity contribution is -0.120. The maximum atomic E-state index is 12.8. The lowest BCUT2D eigenvalue weighted by atomic mass is 9.97. The standard InChI is InChI=1S/C22H23N5O/c1-16-6-2-3-9-19(16)24-22(28)18-8-5-13-27(15-18)21-11-10-20(25-26-21)17-7-4-12-23-14-17/h2-4,6-7,9-12,14,18H,5,8,13,15H2,1H3,(H,24,28). The van der Waals surface area contributed by atoms with Gasteiger partial charge in [-0.25, -0.2) is 0 Å². The van der Waals surface area contributed by atoms with Crippen LogP contribution in [-0.4, -0.2) is 34.2 Å². The number of nitrogens with one attached hydrogen (secondary N) is 1. The van der Waals surface area contributed by atoms with Crippen LogP contribution in [0.1, 0.15) is 18.4 Å². The van der Waals surface area contributed by atoms with Crippen LogP contribution in [0.5, 0.6) is 0 Å². The van der Waals surface area contributed by atoms with Crippen molar-refractivity contribution in [3.8, 4) is 11.3 Å². The van der Waals surface area contributed by atoms with Crippen molar-refractivity contribution < 1.29 is 4.79 Å². The van der Waals surface area contributed by atoms with Crippen molar-refractivity contribution in [2.75, 3.05) is 23.3 Å². The molecule has 6 heteroatoms. The Morgan fingerprint density at radius 1 is 1.11 bits per heavy atom. The van der Waals surface area contributed by atoms with E-state index in [0.29, 0.717) is 6.54 Å². The highest BCUT2D eigenvalue weighted by Crippen LogP contribution is 2.24. The summed E-state index contributed by atoms with van der Waals surface area (Å²) in [7, 11) is 0. The zero-order chi connectivity index (χ0) is 19.3. The molecule has 0 spiro atoms. The molecule has 0 aliphatic carbocycles. The number of carbonyl (C=O) groups is 1. The number of aromatic nitrogens is 3. The topological polar surface area (TPSA) is 71.0 Å². The van der Waals surface area contributed by atoms with Crippen molar-refractivity contribution in [3.05, 3.63) is 66.5 Å². The summed E-state index contributed by atoms with van der Waals surface area (Å²) in [5.41, 5.74) is 3.68. The van der Waals surface area contributed by atoms with Crippen molar-refractivity contribution in [3.63, 3.8) is 0 Å². The summed E-state index contributed by atoms with van der Waals surface area (Å²) in [6.07, 6.45) is 5.35. The summed E-state index contributed by atoms with van der Waals surface area (Å²) < 4.78 is 0. The van der Waals surface area contributed by atoms with Gasteiger partial charge < -0.3 is 10.2 Å². The predicted molar refractivity (Wildman–Crippen MR) is 110 cm³/mol. The summed E-state index contributed by atoms with van der Waals surface area (Å²) in [4.78, 5) is 19.0. The largest absolute Gasteiger partial charge is 0.354 e. The molecule has 142 valence electrons. The Balaban J connectivity index is 1.43. The molecule has 1 saturated heterocycles. The fraction of sp³-hybridized carbons (Fsp3) is 0.273. The highest BCUT2D eigenvalue weighted by atomic mass is 16.1. The third-order valence-corrected chi connectivity index (χ3v) is 5.13. The van der Waals surface area contributed by atoms with E-state index in [0.717, 1.165) is 47.7 Å². The van der Waals surface area contributed by atoms with Crippen LogP contribution >= 0.6 is 0 Å². The van der Waals surface area contributed by atoms with Gasteiger partial charge in [0.15, 0.2) is 5.82 Å². The van der Waals surface area contributed by atoms with Gasteiger partial charge in [-0.1, -0.05) is 18.2 Å². The molecule has 1 amide bonds. The number of carbonyl (C=O) groups excluding carboxylic acids is 1. The number of hydrogen-bond acceptors (Lipinski definition) is 5. The highest BCUT2D eigenvalue weighted by molar-refractivity contribution is 5.93. The molecule has 1 atom stereocenters. The van der Waals surface area contributed by atoms with E-state index >= 15 is 0 Å². The average molecular weight is 373 g/mol. The minimum atomic E-state index is -0.0619. The molecule has 1 unspecified atom stereocenters. The Morgan fingerprint density at radius 2 is 2.00 bits per heavy atom. The lowest BCUT2D eigenvalue weighted by Gasteiger charge is -2.32. The van der Waals surface area contributed by atoms with Crippen LogP contribution in [0.3, 0.4) is 0 Å². The first-order valence-electron chi connectivity index (χ1n) is 9.56. The minimum Gasteiger partial charge on any atom is -0.354 e. The van der Waals surface area contributed by atoms with Crippen molar-refractivity contribution >= 4 is 17.4 Å². The molecule has 0 bridgehead atoms. The summed E-state index contributed by atoms with van der Waals surface area (Å²) >= 11 is 0. The molecule has 1 aliphatic rings. The van der Waals surface area contributed by atoms with Gasteiger partial charge in [0.1, 0.15) is 0 Å². The Hall–Kier alpha value is -3.28. The lowest BCUT2D eigenvalue weighted by Crippen LogP contribution is -2.41. The van der Waals surface area contributed by atoms with E-state index in [1.54, 1.807) is 12.4 Å². The first-order valence-corrected chi connectivity index (χ1v) is 9.56. The quantitative estimate of drug-likeness (QED) is 0.755. The molecule has 3 aromatic rings. The first-order chi connectivity index (χ1) is 13.7. The van der Waals surface area contributed by atoms with E-state index in [-0.39, 0.29) is 11.8 Å². The number of amides is 1. The van der Waals surface area contributed by atoms with Crippen LogP contribution < -0.4 is 10.2 Å². The number of para-hydroxylation sites is 1. The highest BCUT2D eigenvalue weighted by Gasteiger charge is 2.27. The van der Waals surface area contributed by atoms with Gasteiger partial charge in [0.05, 0.1) is 11.6 Å². The summed E-state index contributed by atoms with van der Waals surface area (Å²) in [6, 6.07) is 15.6. The average Bonchev–Trinajstić information content (AvgIpc) is 2.76. The van der Waals surface area contributed by atoms with Gasteiger partial charge in [0.2, 0.25) is 5.91 Å². The molecular weight excluding hydrogens is 350 g/mol. The number of nitrogens with zero attached hydrogens (tertiary/aromatic N) is 4. The summed E-state index contributed by atoms with van der Waals surface area (Å²) in [6.45, 7) is 3.54. The second kappa shape index (κ2) is 8.17. The van der Waals surface area contributed by atoms with Crippen molar-refractivity contribution in [2.45, 2.75) is 19.8 Å². The van der Waals surface area contributed by atoms with Crippen LogP contribution in [0.15, 0.2) is 60.9 Å². The van der Waals surface area contributed by atoms with E-state index in [9.17, 15) is 4.79 Å². The number of benzene rings is 1. The smallest absolute Gasteiger partial charge is 0.229 e. The normalized spacial score (nSPS) is 16.6. The second-order valence-corrected chi connectivity index (χ2v) is 7.11. The Kier molecular flexibility index (Phi) is 5.28. The van der Waals surface area contributed by atoms with Crippen LogP contribution in [0.25, 0.3) is 11.3 Å². The Labute approximate surface area is 164 Å². The fourth-order valence-corrected chi connectivity index (χ4v) is 3.51. The Morgan fingerprint density at radius 3 is 2.75 bits per heavy atom. The second-order valence-electron chi connectivity index (χ2n) is 7.11. The maximum Gasteiger partial charge on any atom is 0.229 e. The number of pyridine rings is 1. The molecule has 28 heavy (non-hydrogen) atoms. The van der Waals surface area contributed by atoms with Gasteiger partial charge >= 0.3 is 0 Å². The molecule has 4 rings (SSSR count). The van der Waals surface area contributed by atoms with Gasteiger partial charge in [-0.2, -0.15) is 0 Å². The van der Waals surface area contributed by atoms with Crippen LogP contribution in [0.4, 0.5) is 11.5 Å². The van der Waals surface area contributed by atoms with Crippen molar-refractivity contribution in [2.24, 2.45) is 5.92 Å². The molecule has 1 aromatic carbocycles. The molecular formula is C22H23N5O. The third kappa shape index (κ3) is 4.01. The fourth-order valence-electron chi connectivity index (χ4n) is 3.51. The maximum absolute atomic E-state index is 12.8. The molecule has 6 nitrogen and oxygen atoms in total. The third-order valence-electron chi connectivity index (χ3n) is 5.13. The molecule has 3 heterocycles. The first kappa shape index (κ1) is 18.1. The van der Waals surface area contributed by atoms with Crippen LogP contribution in [0, 0.1) is 12.8 Å². The van der Waals surface area contributed by atoms with E-state index < -0.39 is 0 Å².